The van der Waals surface area contributed by atoms with E-state index in [-0.39, 0.29) is 5.38 Å². The van der Waals surface area contributed by atoms with Gasteiger partial charge in [0.2, 0.25) is 0 Å². The van der Waals surface area contributed by atoms with Gasteiger partial charge in [0.1, 0.15) is 0 Å². The molecule has 0 aromatic heterocycles. The van der Waals surface area contributed by atoms with Crippen LogP contribution in [0.1, 0.15) is 13.8 Å². The van der Waals surface area contributed by atoms with E-state index in [0.29, 0.717) is 5.33 Å². The van der Waals surface area contributed by atoms with E-state index in [4.69, 9.17) is 46.4 Å². The Morgan fingerprint density at radius 3 is 2.20 bits per heavy atom. The number of halogens is 5. The Morgan fingerprint density at radius 2 is 1.80 bits per heavy atom. The Kier molecular flexibility index (Phi) is 7.26. The normalized spacial score (nSPS) is 22.9. The third kappa shape index (κ3) is 6.43. The summed E-state index contributed by atoms with van der Waals surface area (Å²) in [4.78, 5) is -1.16. The van der Waals surface area contributed by atoms with E-state index in [2.05, 4.69) is 15.9 Å². The molecule has 0 saturated heterocycles. The van der Waals surface area contributed by atoms with E-state index in [9.17, 15) is 0 Å². The Balaban J connectivity index is 4.55. The topological polar surface area (TPSA) is 0 Å². The molecule has 0 radical (unpaired) electrons. The molecule has 0 N–H and O–H groups in total. The minimum atomic E-state index is -0.709. The van der Waals surface area contributed by atoms with Gasteiger partial charge in [0, 0.05) is 10.9 Å². The first-order valence-electron chi connectivity index (χ1n) is 4.30. The Bertz CT molecular complexity index is 246. The quantitative estimate of drug-likeness (QED) is 0.464. The molecule has 0 spiro atoms. The molecule has 0 aliphatic heterocycles. The van der Waals surface area contributed by atoms with Crippen molar-refractivity contribution in [3.05, 3.63) is 23.8 Å². The van der Waals surface area contributed by atoms with Crippen LogP contribution < -0.4 is 0 Å². The molecule has 15 heavy (non-hydrogen) atoms. The van der Waals surface area contributed by atoms with Crippen LogP contribution in [0.15, 0.2) is 23.8 Å². The highest BCUT2D eigenvalue weighted by atomic mass is 79.9. The molecule has 0 heterocycles. The van der Waals surface area contributed by atoms with Gasteiger partial charge in [0.05, 0.1) is 15.1 Å². The summed E-state index contributed by atoms with van der Waals surface area (Å²) >= 11 is 27.1. The maximum atomic E-state index is 6.15. The third-order valence-electron chi connectivity index (χ3n) is 1.80. The maximum Gasteiger partial charge on any atom is 0.0807 e. The summed E-state index contributed by atoms with van der Waals surface area (Å²) in [6.45, 7) is 3.67. The zero-order valence-corrected chi connectivity index (χ0v) is 13.1. The Hall–Kier alpha value is 1.12. The van der Waals surface area contributed by atoms with Crippen molar-refractivity contribution in [1.82, 2.24) is 0 Å². The smallest absolute Gasteiger partial charge is 0.0807 e. The van der Waals surface area contributed by atoms with Gasteiger partial charge in [-0.2, -0.15) is 0 Å². The van der Waals surface area contributed by atoms with Crippen LogP contribution in [0, 0.1) is 0 Å². The second-order valence-electron chi connectivity index (χ2n) is 3.62. The zero-order valence-electron chi connectivity index (χ0n) is 8.48. The number of hydrogen-bond donors (Lipinski definition) is 0. The second kappa shape index (κ2) is 6.76. The first-order valence-corrected chi connectivity index (χ1v) is 7.05. The second-order valence-corrected chi connectivity index (χ2v) is 6.58. The van der Waals surface area contributed by atoms with Crippen molar-refractivity contribution < 1.29 is 0 Å². The standard InChI is InChI=1S/C10H13BrCl4/c1-9(14,7-11)4-3-8(13)10(2,15)5-6-12/h3-6,8H,7H2,1-2H3/b4-3+,6-5+/t8-,9-,10+/m0/s1. The van der Waals surface area contributed by atoms with Gasteiger partial charge in [-0.1, -0.05) is 45.8 Å². The van der Waals surface area contributed by atoms with Crippen LogP contribution in [0.4, 0.5) is 0 Å². The molecule has 0 bridgehead atoms. The van der Waals surface area contributed by atoms with E-state index >= 15 is 0 Å². The zero-order chi connectivity index (χ0) is 12.1. The number of rotatable bonds is 5. The maximum absolute atomic E-state index is 6.15. The fraction of sp³-hybridized carbons (Fsp3) is 0.600. The predicted octanol–water partition coefficient (Wildman–Crippen LogP) is 5.29. The lowest BCUT2D eigenvalue weighted by Crippen LogP contribution is -2.26. The summed E-state index contributed by atoms with van der Waals surface area (Å²) in [5, 5.41) is 0.276. The summed E-state index contributed by atoms with van der Waals surface area (Å²) in [5.74, 6) is 0. The summed E-state index contributed by atoms with van der Waals surface area (Å²) in [6, 6.07) is 0. The van der Waals surface area contributed by atoms with Gasteiger partial charge < -0.3 is 0 Å². The summed E-state index contributed by atoms with van der Waals surface area (Å²) in [6.07, 6.45) is 5.24. The van der Waals surface area contributed by atoms with Crippen molar-refractivity contribution in [1.29, 1.82) is 0 Å². The Morgan fingerprint density at radius 1 is 1.27 bits per heavy atom. The van der Waals surface area contributed by atoms with E-state index < -0.39 is 9.75 Å². The summed E-state index contributed by atoms with van der Waals surface area (Å²) in [5.41, 5.74) is 1.36. The molecule has 0 rings (SSSR count). The van der Waals surface area contributed by atoms with Crippen molar-refractivity contribution >= 4 is 62.3 Å². The van der Waals surface area contributed by atoms with E-state index in [1.807, 2.05) is 13.0 Å². The van der Waals surface area contributed by atoms with Crippen LogP contribution in [-0.2, 0) is 0 Å². The highest BCUT2D eigenvalue weighted by Gasteiger charge is 2.26. The van der Waals surface area contributed by atoms with Gasteiger partial charge in [0.25, 0.3) is 0 Å². The average Bonchev–Trinajstić information content (AvgIpc) is 2.14. The largest absolute Gasteiger partial charge is 0.116 e. The molecular weight excluding hydrogens is 342 g/mol. The van der Waals surface area contributed by atoms with Crippen LogP contribution >= 0.6 is 62.3 Å². The van der Waals surface area contributed by atoms with E-state index in [1.165, 1.54) is 5.54 Å². The first kappa shape index (κ1) is 16.1. The van der Waals surface area contributed by atoms with Gasteiger partial charge in [-0.05, 0) is 13.8 Å². The lowest BCUT2D eigenvalue weighted by molar-refractivity contribution is 0.790. The highest BCUT2D eigenvalue weighted by Crippen LogP contribution is 2.29. The molecule has 0 aromatic carbocycles. The van der Waals surface area contributed by atoms with Crippen molar-refractivity contribution in [3.63, 3.8) is 0 Å². The van der Waals surface area contributed by atoms with Gasteiger partial charge in [-0.3, -0.25) is 0 Å². The van der Waals surface area contributed by atoms with Crippen LogP contribution in [0.2, 0.25) is 0 Å². The van der Waals surface area contributed by atoms with Crippen LogP contribution in [0.5, 0.6) is 0 Å². The molecule has 0 nitrogen and oxygen atoms in total. The lowest BCUT2D eigenvalue weighted by Gasteiger charge is -2.22. The van der Waals surface area contributed by atoms with Crippen molar-refractivity contribution in [2.75, 3.05) is 5.33 Å². The first-order chi connectivity index (χ1) is 6.75. The van der Waals surface area contributed by atoms with E-state index in [0.717, 1.165) is 0 Å². The van der Waals surface area contributed by atoms with E-state index in [1.54, 1.807) is 19.1 Å². The monoisotopic (exact) mass is 352 g/mol. The fourth-order valence-corrected chi connectivity index (χ4v) is 1.60. The fourth-order valence-electron chi connectivity index (χ4n) is 0.733. The van der Waals surface area contributed by atoms with Crippen molar-refractivity contribution in [3.8, 4) is 0 Å². The molecular formula is C10H13BrCl4. The van der Waals surface area contributed by atoms with Crippen molar-refractivity contribution in [2.45, 2.75) is 29.0 Å². The summed E-state index contributed by atoms with van der Waals surface area (Å²) in [7, 11) is 0. The molecule has 0 fully saturated rings. The molecule has 0 aliphatic rings. The number of allylic oxidation sites excluding steroid dienone is 3. The molecule has 0 aliphatic carbocycles. The molecule has 0 saturated carbocycles. The van der Waals surface area contributed by atoms with Gasteiger partial charge >= 0.3 is 0 Å². The highest BCUT2D eigenvalue weighted by molar-refractivity contribution is 9.09. The van der Waals surface area contributed by atoms with Crippen molar-refractivity contribution in [2.24, 2.45) is 0 Å². The summed E-state index contributed by atoms with van der Waals surface area (Å²) < 4.78 is 0. The van der Waals surface area contributed by atoms with Crippen LogP contribution in [0.25, 0.3) is 0 Å². The average molecular weight is 355 g/mol. The molecule has 0 aromatic rings. The number of alkyl halides is 4. The minimum absolute atomic E-state index is 0.369. The van der Waals surface area contributed by atoms with Crippen LogP contribution in [-0.4, -0.2) is 20.5 Å². The minimum Gasteiger partial charge on any atom is -0.116 e. The lowest BCUT2D eigenvalue weighted by atomic mass is 10.0. The Labute approximate surface area is 120 Å². The predicted molar refractivity (Wildman–Crippen MR) is 76.1 cm³/mol. The number of hydrogen-bond acceptors (Lipinski definition) is 0. The van der Waals surface area contributed by atoms with Crippen LogP contribution in [0.3, 0.4) is 0 Å². The van der Waals surface area contributed by atoms with Gasteiger partial charge in [-0.25, -0.2) is 0 Å². The molecule has 88 valence electrons. The molecule has 3 atom stereocenters. The van der Waals surface area contributed by atoms with Gasteiger partial charge in [-0.15, -0.1) is 34.8 Å². The molecule has 0 unspecified atom stereocenters. The third-order valence-corrected chi connectivity index (χ3v) is 4.75. The SMILES string of the molecule is C[C@](Cl)(/C=C/[C@H](Cl)[C@](C)(Cl)/C=C/Cl)CBr. The molecule has 5 heteroatoms. The molecule has 0 amide bonds. The van der Waals surface area contributed by atoms with Gasteiger partial charge in [0.15, 0.2) is 0 Å².